The summed E-state index contributed by atoms with van der Waals surface area (Å²) in [6.45, 7) is 9.34. The lowest BCUT2D eigenvalue weighted by Gasteiger charge is -2.36. The van der Waals surface area contributed by atoms with E-state index in [1.54, 1.807) is 10.6 Å². The first-order valence-corrected chi connectivity index (χ1v) is 18.5. The van der Waals surface area contributed by atoms with Crippen molar-refractivity contribution < 1.29 is 28.2 Å². The highest BCUT2D eigenvalue weighted by Crippen LogP contribution is 2.40. The normalized spacial score (nSPS) is 21.9. The summed E-state index contributed by atoms with van der Waals surface area (Å²) in [7, 11) is 0. The highest BCUT2D eigenvalue weighted by molar-refractivity contribution is 7.13. The highest BCUT2D eigenvalue weighted by atomic mass is 32.1. The molecule has 16 heteroatoms. The molecule has 5 N–H and O–H groups in total. The number of nitrogens with one attached hydrogen (secondary N) is 1. The zero-order valence-electron chi connectivity index (χ0n) is 29.7. The van der Waals surface area contributed by atoms with Crippen molar-refractivity contribution in [3.05, 3.63) is 51.9 Å². The molecule has 3 aromatic heterocycles. The number of ether oxygens (including phenoxy) is 2. The molecule has 3 fully saturated rings. The van der Waals surface area contributed by atoms with Crippen molar-refractivity contribution in [3.63, 3.8) is 0 Å². The number of thiazole rings is 1. The molecule has 2 saturated heterocycles. The number of primary amides is 1. The summed E-state index contributed by atoms with van der Waals surface area (Å²) >= 11 is 1.31. The monoisotopic (exact) mass is 733 g/mol. The fraction of sp³-hybridized carbons (Fsp3) is 0.500. The first-order valence-electron chi connectivity index (χ1n) is 17.7. The second kappa shape index (κ2) is 13.9. The van der Waals surface area contributed by atoms with Crippen LogP contribution in [0.3, 0.4) is 0 Å². The number of likely N-dealkylation sites (tertiary alicyclic amines) is 1. The Bertz CT molecular complexity index is 2030. The largest absolute Gasteiger partial charge is 0.473 e. The van der Waals surface area contributed by atoms with E-state index in [9.17, 15) is 18.8 Å². The number of piperidine rings is 1. The van der Waals surface area contributed by atoms with Crippen LogP contribution in [-0.4, -0.2) is 85.8 Å². The van der Waals surface area contributed by atoms with Gasteiger partial charge >= 0.3 is 6.09 Å². The maximum absolute atomic E-state index is 14.8. The number of nitrogens with two attached hydrogens (primary N) is 2. The number of anilines is 2. The zero-order chi connectivity index (χ0) is 36.9. The molecule has 7 rings (SSSR count). The number of amides is 3. The standard InChI is InChI=1S/C36H44FN9O5S/c1-19-42-34(50-23-8-10-26-21(14-23)11-13-45(26)35(49)51-36(2,3)4)30(52-19)33(48)43-22-6-5-12-44(17-22)28-16-27(46-29(28)31(38)40-18-41-46)20-7-9-24(32(39)47)25(37)15-20/h7,9,15-16,18,21-23,26H,5-6,8,10-14,17H2,1-4H3,(H2,39,47)(H,43,48)(H2,38,40,41)/t21-,22-,23-,26+/m1/s1. The van der Waals surface area contributed by atoms with Crippen LogP contribution in [-0.2, 0) is 4.74 Å². The molecule has 0 bridgehead atoms. The van der Waals surface area contributed by atoms with E-state index in [1.165, 1.54) is 29.8 Å². The minimum absolute atomic E-state index is 0.108. The number of fused-ring (bicyclic) bond motifs is 2. The number of carbonyl (C=O) groups excluding carboxylic acids is 3. The van der Waals surface area contributed by atoms with E-state index in [2.05, 4.69) is 25.3 Å². The van der Waals surface area contributed by atoms with Gasteiger partial charge < -0.3 is 36.1 Å². The van der Waals surface area contributed by atoms with Crippen molar-refractivity contribution in [2.45, 2.75) is 90.0 Å². The van der Waals surface area contributed by atoms with E-state index in [0.29, 0.717) is 53.1 Å². The Morgan fingerprint density at radius 3 is 2.65 bits per heavy atom. The van der Waals surface area contributed by atoms with Crippen molar-refractivity contribution >= 4 is 46.3 Å². The molecular weight excluding hydrogens is 690 g/mol. The molecule has 0 radical (unpaired) electrons. The van der Waals surface area contributed by atoms with Crippen LogP contribution in [0.4, 0.5) is 20.7 Å². The van der Waals surface area contributed by atoms with E-state index in [4.69, 9.17) is 20.9 Å². The fourth-order valence-corrected chi connectivity index (χ4v) is 8.53. The molecule has 14 nitrogen and oxygen atoms in total. The number of hydrogen-bond donors (Lipinski definition) is 3. The van der Waals surface area contributed by atoms with Gasteiger partial charge in [-0.2, -0.15) is 5.10 Å². The lowest BCUT2D eigenvalue weighted by molar-refractivity contribution is 0.0124. The van der Waals surface area contributed by atoms with Gasteiger partial charge in [0.2, 0.25) is 5.88 Å². The molecule has 3 aliphatic rings. The Labute approximate surface area is 304 Å². The molecule has 1 aliphatic carbocycles. The number of benzene rings is 1. The molecule has 4 atom stereocenters. The number of nitrogens with zero attached hydrogens (tertiary/aromatic N) is 6. The van der Waals surface area contributed by atoms with Crippen molar-refractivity contribution in [1.29, 1.82) is 0 Å². The summed E-state index contributed by atoms with van der Waals surface area (Å²) < 4.78 is 28.5. The van der Waals surface area contributed by atoms with E-state index in [-0.39, 0.29) is 41.6 Å². The van der Waals surface area contributed by atoms with Gasteiger partial charge in [0.15, 0.2) is 10.7 Å². The summed E-state index contributed by atoms with van der Waals surface area (Å²) in [6, 6.07) is 6.01. The first-order chi connectivity index (χ1) is 24.8. The molecule has 3 amide bonds. The number of halogens is 1. The molecule has 1 aromatic carbocycles. The number of carbonyl (C=O) groups is 3. The summed E-state index contributed by atoms with van der Waals surface area (Å²) in [5.41, 5.74) is 13.3. The van der Waals surface area contributed by atoms with Crippen LogP contribution < -0.4 is 26.4 Å². The highest BCUT2D eigenvalue weighted by Gasteiger charge is 2.43. The molecule has 5 heterocycles. The van der Waals surface area contributed by atoms with Gasteiger partial charge in [-0.15, -0.1) is 11.3 Å². The molecule has 0 spiro atoms. The van der Waals surface area contributed by atoms with E-state index >= 15 is 0 Å². The first kappa shape index (κ1) is 35.4. The van der Waals surface area contributed by atoms with Gasteiger partial charge in [0, 0.05) is 37.3 Å². The Kier molecular flexibility index (Phi) is 9.44. The average Bonchev–Trinajstić information content (AvgIpc) is 3.79. The van der Waals surface area contributed by atoms with Crippen LogP contribution in [0.2, 0.25) is 0 Å². The van der Waals surface area contributed by atoms with Gasteiger partial charge in [-0.3, -0.25) is 9.59 Å². The number of aromatic nitrogens is 4. The minimum Gasteiger partial charge on any atom is -0.473 e. The Balaban J connectivity index is 1.04. The topological polar surface area (TPSA) is 183 Å². The van der Waals surface area contributed by atoms with E-state index < -0.39 is 17.3 Å². The van der Waals surface area contributed by atoms with Crippen molar-refractivity contribution in [1.82, 2.24) is 29.8 Å². The second-order valence-corrected chi connectivity index (χ2v) is 16.1. The number of nitrogen functional groups attached to an aromatic ring is 1. The van der Waals surface area contributed by atoms with Gasteiger partial charge in [0.05, 0.1) is 22.0 Å². The molecule has 276 valence electrons. The number of aryl methyl sites for hydroxylation is 1. The lowest BCUT2D eigenvalue weighted by atomic mass is 9.83. The van der Waals surface area contributed by atoms with E-state index in [0.717, 1.165) is 49.2 Å². The van der Waals surface area contributed by atoms with Crippen LogP contribution in [0.1, 0.15) is 84.3 Å². The maximum Gasteiger partial charge on any atom is 0.410 e. The summed E-state index contributed by atoms with van der Waals surface area (Å²) in [5, 5.41) is 8.35. The van der Waals surface area contributed by atoms with Gasteiger partial charge in [0.1, 0.15) is 29.4 Å². The number of rotatable bonds is 7. The Hall–Kier alpha value is -4.99. The summed E-state index contributed by atoms with van der Waals surface area (Å²) in [4.78, 5) is 51.5. The van der Waals surface area contributed by atoms with Crippen molar-refractivity contribution in [2.24, 2.45) is 11.7 Å². The lowest BCUT2D eigenvalue weighted by Crippen LogP contribution is -2.47. The third-order valence-corrected chi connectivity index (χ3v) is 11.0. The molecular formula is C36H44FN9O5S. The predicted octanol–water partition coefficient (Wildman–Crippen LogP) is 4.94. The predicted molar refractivity (Wildman–Crippen MR) is 194 cm³/mol. The van der Waals surface area contributed by atoms with Gasteiger partial charge in [-0.05, 0) is 90.3 Å². The number of hydrogen-bond acceptors (Lipinski definition) is 11. The molecule has 2 aliphatic heterocycles. The summed E-state index contributed by atoms with van der Waals surface area (Å²) in [6.07, 6.45) is 5.74. The SMILES string of the molecule is Cc1nc(O[C@@H]2CC[C@H]3[C@H](CCN3C(=O)OC(C)(C)C)C2)c(C(=O)N[C@@H]2CCCN(c3cc(-c4ccc(C(N)=O)c(F)c4)n4ncnc(N)c34)C2)s1. The Morgan fingerprint density at radius 2 is 1.90 bits per heavy atom. The van der Waals surface area contributed by atoms with Crippen molar-refractivity contribution in [3.8, 4) is 17.1 Å². The van der Waals surface area contributed by atoms with E-state index in [1.807, 2.05) is 38.7 Å². The van der Waals surface area contributed by atoms with Gasteiger partial charge in [-0.1, -0.05) is 6.07 Å². The quantitative estimate of drug-likeness (QED) is 0.235. The van der Waals surface area contributed by atoms with Gasteiger partial charge in [-0.25, -0.2) is 23.7 Å². The Morgan fingerprint density at radius 1 is 1.10 bits per heavy atom. The smallest absolute Gasteiger partial charge is 0.410 e. The molecule has 52 heavy (non-hydrogen) atoms. The average molecular weight is 734 g/mol. The van der Waals surface area contributed by atoms with Crippen LogP contribution in [0, 0.1) is 18.7 Å². The van der Waals surface area contributed by atoms with Crippen LogP contribution in [0.25, 0.3) is 16.8 Å². The third kappa shape index (κ3) is 7.07. The third-order valence-electron chi connectivity index (χ3n) is 10.0. The maximum atomic E-state index is 14.8. The van der Waals surface area contributed by atoms with Gasteiger partial charge in [0.25, 0.3) is 11.8 Å². The second-order valence-electron chi connectivity index (χ2n) is 14.8. The van der Waals surface area contributed by atoms with Crippen molar-refractivity contribution in [2.75, 3.05) is 30.3 Å². The molecule has 4 aromatic rings. The van der Waals surface area contributed by atoms with Crippen LogP contribution in [0.15, 0.2) is 30.6 Å². The van der Waals surface area contributed by atoms with Crippen LogP contribution in [0.5, 0.6) is 5.88 Å². The fourth-order valence-electron chi connectivity index (χ4n) is 7.77. The molecule has 0 unspecified atom stereocenters. The van der Waals surface area contributed by atoms with Crippen LogP contribution >= 0.6 is 11.3 Å². The zero-order valence-corrected chi connectivity index (χ0v) is 30.5. The molecule has 1 saturated carbocycles. The summed E-state index contributed by atoms with van der Waals surface area (Å²) in [5.74, 6) is -0.927. The minimum atomic E-state index is -0.852.